The third kappa shape index (κ3) is 6.34. The van der Waals surface area contributed by atoms with Crippen molar-refractivity contribution in [2.24, 2.45) is 0 Å². The first-order valence-corrected chi connectivity index (χ1v) is 9.75. The molecule has 1 heterocycles. The molecule has 1 aliphatic rings. The first-order valence-electron chi connectivity index (χ1n) is 9.37. The summed E-state index contributed by atoms with van der Waals surface area (Å²) < 4.78 is 19.8. The van der Waals surface area contributed by atoms with Crippen molar-refractivity contribution in [3.63, 3.8) is 0 Å². The summed E-state index contributed by atoms with van der Waals surface area (Å²) in [5.74, 6) is -2.20. The molecule has 0 saturated heterocycles. The molecule has 2 aromatic carbocycles. The van der Waals surface area contributed by atoms with E-state index < -0.39 is 30.5 Å². The van der Waals surface area contributed by atoms with E-state index in [1.165, 1.54) is 0 Å². The normalized spacial score (nSPS) is 13.5. The molecule has 0 aromatic heterocycles. The topological polar surface area (TPSA) is 103 Å². The molecule has 0 aliphatic carbocycles. The van der Waals surface area contributed by atoms with Gasteiger partial charge in [0.05, 0.1) is 6.04 Å². The van der Waals surface area contributed by atoms with Crippen LogP contribution in [0.4, 0.5) is 4.79 Å². The molecule has 10 heteroatoms. The lowest BCUT2D eigenvalue weighted by Crippen LogP contribution is -2.36. The Kier molecular flexibility index (Phi) is 7.32. The number of amides is 1. The van der Waals surface area contributed by atoms with Crippen LogP contribution in [0.2, 0.25) is 5.02 Å². The molecule has 1 atom stereocenters. The molecule has 31 heavy (non-hydrogen) atoms. The zero-order chi connectivity index (χ0) is 22.4. The van der Waals surface area contributed by atoms with Crippen molar-refractivity contribution in [1.29, 1.82) is 0 Å². The van der Waals surface area contributed by atoms with E-state index in [4.69, 9.17) is 25.8 Å². The van der Waals surface area contributed by atoms with E-state index in [0.29, 0.717) is 29.5 Å². The molecule has 1 aliphatic heterocycles. The van der Waals surface area contributed by atoms with Gasteiger partial charge in [-0.2, -0.15) is 0 Å². The lowest BCUT2D eigenvalue weighted by Gasteiger charge is -2.20. The number of rotatable bonds is 6. The zero-order valence-corrected chi connectivity index (χ0v) is 17.6. The number of benzene rings is 2. The molecule has 0 saturated carbocycles. The predicted molar refractivity (Wildman–Crippen MR) is 110 cm³/mol. The second-order valence-corrected chi connectivity index (χ2v) is 7.33. The second-order valence-electron chi connectivity index (χ2n) is 6.89. The van der Waals surface area contributed by atoms with Crippen LogP contribution in [0.25, 0.3) is 0 Å². The van der Waals surface area contributed by atoms with Crippen LogP contribution in [0.5, 0.6) is 11.5 Å². The maximum absolute atomic E-state index is 12.2. The van der Waals surface area contributed by atoms with E-state index in [1.807, 2.05) is 19.0 Å². The lowest BCUT2D eigenvalue weighted by molar-refractivity contribution is -0.200. The monoisotopic (exact) mass is 448 g/mol. The molecule has 0 fully saturated rings. The van der Waals surface area contributed by atoms with E-state index in [1.54, 1.807) is 48.5 Å². The molecular formula is C21H21ClN2O7. The Bertz CT molecular complexity index is 924. The highest BCUT2D eigenvalue weighted by atomic mass is 35.5. The molecule has 2 aromatic rings. The largest absolute Gasteiger partial charge is 0.426 e. The molecule has 1 unspecified atom stereocenters. The lowest BCUT2D eigenvalue weighted by atomic mass is 10.0. The summed E-state index contributed by atoms with van der Waals surface area (Å²) in [5, 5.41) is 3.13. The van der Waals surface area contributed by atoms with E-state index in [2.05, 4.69) is 10.1 Å². The number of halogens is 1. The molecular weight excluding hydrogens is 428 g/mol. The number of hydrogen-bond acceptors (Lipinski definition) is 8. The summed E-state index contributed by atoms with van der Waals surface area (Å²) in [6.07, 6.45) is -0.554. The third-order valence-corrected chi connectivity index (χ3v) is 4.53. The van der Waals surface area contributed by atoms with Crippen LogP contribution in [0.3, 0.4) is 0 Å². The standard InChI is InChI=1S/C21H21ClN2O7/c1-24(2)12-11-15(13-7-9-14(22)10-8-13)23-20(27)30-18(25)19(26)31-21-28-16-5-3-4-6-17(16)29-21/h3-10,15,21H,11-12H2,1-2H3,(H,23,27). The van der Waals surface area contributed by atoms with Gasteiger partial charge in [0, 0.05) is 5.02 Å². The molecule has 0 bridgehead atoms. The van der Waals surface area contributed by atoms with Crippen molar-refractivity contribution in [2.45, 2.75) is 18.9 Å². The minimum atomic E-state index is -1.50. The van der Waals surface area contributed by atoms with Gasteiger partial charge in [-0.05, 0) is 56.9 Å². The quantitative estimate of drug-likeness (QED) is 0.409. The summed E-state index contributed by atoms with van der Waals surface area (Å²) >= 11 is 5.92. The van der Waals surface area contributed by atoms with Crippen molar-refractivity contribution in [1.82, 2.24) is 10.2 Å². The van der Waals surface area contributed by atoms with E-state index in [9.17, 15) is 14.4 Å². The highest BCUT2D eigenvalue weighted by Gasteiger charge is 2.32. The van der Waals surface area contributed by atoms with Crippen molar-refractivity contribution in [2.75, 3.05) is 20.6 Å². The number of nitrogens with one attached hydrogen (secondary N) is 1. The number of alkyl carbamates (subject to hydrolysis) is 1. The molecule has 1 N–H and O–H groups in total. The fourth-order valence-corrected chi connectivity index (χ4v) is 2.89. The Morgan fingerprint density at radius 1 is 1.03 bits per heavy atom. The number of esters is 2. The molecule has 9 nitrogen and oxygen atoms in total. The van der Waals surface area contributed by atoms with Crippen LogP contribution in [-0.4, -0.2) is 50.0 Å². The smallest absolute Gasteiger partial charge is 0.419 e. The van der Waals surface area contributed by atoms with E-state index in [-0.39, 0.29) is 0 Å². The molecule has 1 amide bonds. The van der Waals surface area contributed by atoms with Gasteiger partial charge in [-0.3, -0.25) is 0 Å². The molecule has 164 valence electrons. The van der Waals surface area contributed by atoms with Gasteiger partial charge in [0.15, 0.2) is 11.5 Å². The maximum Gasteiger partial charge on any atom is 0.426 e. The average molecular weight is 449 g/mol. The molecule has 0 spiro atoms. The van der Waals surface area contributed by atoms with Gasteiger partial charge in [0.25, 0.3) is 0 Å². The van der Waals surface area contributed by atoms with Gasteiger partial charge in [-0.1, -0.05) is 35.9 Å². The van der Waals surface area contributed by atoms with Crippen LogP contribution in [0, 0.1) is 0 Å². The van der Waals surface area contributed by atoms with Crippen molar-refractivity contribution in [3.05, 3.63) is 59.1 Å². The summed E-state index contributed by atoms with van der Waals surface area (Å²) in [6, 6.07) is 13.1. The zero-order valence-electron chi connectivity index (χ0n) is 16.9. The fourth-order valence-electron chi connectivity index (χ4n) is 2.76. The van der Waals surface area contributed by atoms with Crippen LogP contribution in [0.1, 0.15) is 18.0 Å². The predicted octanol–water partition coefficient (Wildman–Crippen LogP) is 2.88. The Hall–Kier alpha value is -3.30. The second kappa shape index (κ2) is 10.1. The number of carbonyl (C=O) groups excluding carboxylic acids is 3. The third-order valence-electron chi connectivity index (χ3n) is 4.28. The van der Waals surface area contributed by atoms with Gasteiger partial charge in [-0.25, -0.2) is 14.4 Å². The summed E-state index contributed by atoms with van der Waals surface area (Å²) in [6.45, 7) is -0.789. The number of para-hydroxylation sites is 2. The van der Waals surface area contributed by atoms with Crippen LogP contribution in [0.15, 0.2) is 48.5 Å². The highest BCUT2D eigenvalue weighted by Crippen LogP contribution is 2.34. The van der Waals surface area contributed by atoms with Crippen molar-refractivity contribution >= 4 is 29.6 Å². The molecule has 3 rings (SSSR count). The van der Waals surface area contributed by atoms with Gasteiger partial charge in [0.1, 0.15) is 0 Å². The van der Waals surface area contributed by atoms with Crippen molar-refractivity contribution < 1.29 is 33.3 Å². The van der Waals surface area contributed by atoms with E-state index >= 15 is 0 Å². The van der Waals surface area contributed by atoms with Gasteiger partial charge < -0.3 is 29.2 Å². The SMILES string of the molecule is CN(C)CCC(NC(=O)OC(=O)C(=O)OC1Oc2ccccc2O1)c1ccc(Cl)cc1. The summed E-state index contributed by atoms with van der Waals surface area (Å²) in [5.41, 5.74) is 0.767. The fraction of sp³-hybridized carbons (Fsp3) is 0.286. The number of fused-ring (bicyclic) bond motifs is 1. The van der Waals surface area contributed by atoms with Gasteiger partial charge in [-0.15, -0.1) is 0 Å². The minimum absolute atomic E-state index is 0.359. The van der Waals surface area contributed by atoms with Crippen LogP contribution < -0.4 is 14.8 Å². The number of ether oxygens (including phenoxy) is 4. The highest BCUT2D eigenvalue weighted by molar-refractivity contribution is 6.31. The number of carbonyl (C=O) groups is 3. The first kappa shape index (κ1) is 22.4. The Balaban J connectivity index is 1.54. The summed E-state index contributed by atoms with van der Waals surface area (Å²) in [7, 11) is 3.78. The average Bonchev–Trinajstić information content (AvgIpc) is 3.13. The Labute approximate surface area is 183 Å². The van der Waals surface area contributed by atoms with Gasteiger partial charge in [0.2, 0.25) is 0 Å². The number of hydrogen-bond donors (Lipinski definition) is 1. The van der Waals surface area contributed by atoms with E-state index in [0.717, 1.165) is 5.56 Å². The maximum atomic E-state index is 12.2. The number of nitrogens with zero attached hydrogens (tertiary/aromatic N) is 1. The van der Waals surface area contributed by atoms with Crippen LogP contribution in [-0.2, 0) is 19.1 Å². The first-order chi connectivity index (χ1) is 14.8. The Morgan fingerprint density at radius 3 is 2.23 bits per heavy atom. The minimum Gasteiger partial charge on any atom is -0.419 e. The van der Waals surface area contributed by atoms with Crippen molar-refractivity contribution in [3.8, 4) is 11.5 Å². The van der Waals surface area contributed by atoms with Gasteiger partial charge >= 0.3 is 24.5 Å². The molecule has 0 radical (unpaired) electrons. The summed E-state index contributed by atoms with van der Waals surface area (Å²) in [4.78, 5) is 38.0. The van der Waals surface area contributed by atoms with Crippen LogP contribution >= 0.6 is 11.6 Å². The Morgan fingerprint density at radius 2 is 1.65 bits per heavy atom.